The lowest BCUT2D eigenvalue weighted by Crippen LogP contribution is -2.36. The number of nitrogens with zero attached hydrogens (tertiary/aromatic N) is 2. The third-order valence-corrected chi connectivity index (χ3v) is 8.31. The minimum atomic E-state index is -4.01. The van der Waals surface area contributed by atoms with Crippen molar-refractivity contribution in [2.45, 2.75) is 41.9 Å². The van der Waals surface area contributed by atoms with Crippen molar-refractivity contribution < 1.29 is 18.0 Å². The highest BCUT2D eigenvalue weighted by atomic mass is 32.2. The van der Waals surface area contributed by atoms with Crippen LogP contribution in [0.5, 0.6) is 0 Å². The average Bonchev–Trinajstić information content (AvgIpc) is 3.38. The fourth-order valence-electron chi connectivity index (χ4n) is 4.34. The number of hydrogen-bond donors (Lipinski definition) is 1. The minimum Gasteiger partial charge on any atom is -0.339 e. The Bertz CT molecular complexity index is 1140. The van der Waals surface area contributed by atoms with E-state index in [0.717, 1.165) is 37.0 Å². The van der Waals surface area contributed by atoms with Gasteiger partial charge in [-0.25, -0.2) is 8.42 Å². The molecule has 0 spiro atoms. The number of amides is 2. The lowest BCUT2D eigenvalue weighted by atomic mass is 10.1. The highest BCUT2D eigenvalue weighted by Gasteiger charge is 2.26. The number of rotatable bonds is 6. The molecule has 2 aliphatic rings. The van der Waals surface area contributed by atoms with Gasteiger partial charge < -0.3 is 9.80 Å². The number of piperidine rings is 1. The van der Waals surface area contributed by atoms with Crippen molar-refractivity contribution in [1.82, 2.24) is 9.80 Å². The summed E-state index contributed by atoms with van der Waals surface area (Å²) in [5.74, 6) is -0.315. The van der Waals surface area contributed by atoms with E-state index in [2.05, 4.69) is 4.72 Å². The Hall–Kier alpha value is -2.52. The highest BCUT2D eigenvalue weighted by Crippen LogP contribution is 2.28. The number of sulfonamides is 1. The Labute approximate surface area is 199 Å². The van der Waals surface area contributed by atoms with Crippen molar-refractivity contribution in [3.05, 3.63) is 53.6 Å². The molecule has 9 heteroatoms. The van der Waals surface area contributed by atoms with E-state index >= 15 is 0 Å². The van der Waals surface area contributed by atoms with E-state index in [4.69, 9.17) is 0 Å². The molecule has 0 aromatic heterocycles. The zero-order valence-electron chi connectivity index (χ0n) is 18.7. The van der Waals surface area contributed by atoms with Crippen molar-refractivity contribution >= 4 is 39.3 Å². The first kappa shape index (κ1) is 23.6. The van der Waals surface area contributed by atoms with Gasteiger partial charge in [0.2, 0.25) is 0 Å². The van der Waals surface area contributed by atoms with Crippen LogP contribution in [0.15, 0.2) is 52.3 Å². The van der Waals surface area contributed by atoms with E-state index in [9.17, 15) is 18.0 Å². The summed E-state index contributed by atoms with van der Waals surface area (Å²) in [6.45, 7) is 2.73. The summed E-state index contributed by atoms with van der Waals surface area (Å²) in [4.78, 5) is 30.4. The third kappa shape index (κ3) is 5.19. The van der Waals surface area contributed by atoms with E-state index in [1.165, 1.54) is 23.9 Å². The maximum atomic E-state index is 13.3. The number of carbonyl (C=O) groups excluding carboxylic acids is 2. The molecule has 4 rings (SSSR count). The molecule has 0 unspecified atom stereocenters. The van der Waals surface area contributed by atoms with E-state index in [1.807, 2.05) is 6.26 Å². The number of nitrogens with one attached hydrogen (secondary N) is 1. The Balaban J connectivity index is 1.63. The number of carbonyl (C=O) groups is 2. The van der Waals surface area contributed by atoms with Crippen LogP contribution in [-0.2, 0) is 10.0 Å². The Morgan fingerprint density at radius 3 is 2.03 bits per heavy atom. The summed E-state index contributed by atoms with van der Waals surface area (Å²) >= 11 is 1.42. The van der Waals surface area contributed by atoms with Gasteiger partial charge in [0.25, 0.3) is 21.8 Å². The van der Waals surface area contributed by atoms with Gasteiger partial charge in [-0.1, -0.05) is 12.1 Å². The summed E-state index contributed by atoms with van der Waals surface area (Å²) in [6.07, 6.45) is 6.80. The molecule has 0 saturated carbocycles. The van der Waals surface area contributed by atoms with Gasteiger partial charge in [0.05, 0.1) is 21.7 Å². The zero-order valence-corrected chi connectivity index (χ0v) is 20.4. The molecular formula is C24H29N3O4S2. The van der Waals surface area contributed by atoms with E-state index in [1.54, 1.807) is 40.1 Å². The Morgan fingerprint density at radius 2 is 1.39 bits per heavy atom. The first-order valence-corrected chi connectivity index (χ1v) is 14.0. The number of likely N-dealkylation sites (tertiary alicyclic amines) is 2. The molecule has 2 aromatic rings. The largest absolute Gasteiger partial charge is 0.339 e. The van der Waals surface area contributed by atoms with Gasteiger partial charge in [-0.2, -0.15) is 0 Å². The number of benzene rings is 2. The highest BCUT2D eigenvalue weighted by molar-refractivity contribution is 7.98. The predicted octanol–water partition coefficient (Wildman–Crippen LogP) is 4.07. The number of para-hydroxylation sites is 1. The SMILES string of the molecule is CSc1ccc(S(=O)(=O)Nc2ccccc2C(=O)N2CCCC2)cc1C(=O)N1CCCCC1. The van der Waals surface area contributed by atoms with Gasteiger partial charge in [0.1, 0.15) is 0 Å². The van der Waals surface area contributed by atoms with Crippen LogP contribution in [-0.4, -0.2) is 62.5 Å². The number of hydrogen-bond acceptors (Lipinski definition) is 5. The molecule has 2 fully saturated rings. The van der Waals surface area contributed by atoms with Gasteiger partial charge in [0, 0.05) is 31.1 Å². The molecule has 1 N–H and O–H groups in total. The van der Waals surface area contributed by atoms with E-state index in [0.29, 0.717) is 37.3 Å². The van der Waals surface area contributed by atoms with Crippen LogP contribution >= 0.6 is 11.8 Å². The molecular weight excluding hydrogens is 458 g/mol. The lowest BCUT2D eigenvalue weighted by Gasteiger charge is -2.27. The van der Waals surface area contributed by atoms with Crippen LogP contribution in [0.2, 0.25) is 0 Å². The average molecular weight is 488 g/mol. The number of thioether (sulfide) groups is 1. The molecule has 2 amide bonds. The smallest absolute Gasteiger partial charge is 0.261 e. The second-order valence-electron chi connectivity index (χ2n) is 8.37. The third-order valence-electron chi connectivity index (χ3n) is 6.15. The van der Waals surface area contributed by atoms with Crippen LogP contribution in [0.1, 0.15) is 52.8 Å². The van der Waals surface area contributed by atoms with Gasteiger partial charge in [0.15, 0.2) is 0 Å². The van der Waals surface area contributed by atoms with Crippen LogP contribution in [0.3, 0.4) is 0 Å². The molecule has 2 heterocycles. The van der Waals surface area contributed by atoms with Gasteiger partial charge in [-0.15, -0.1) is 11.8 Å². The summed E-state index contributed by atoms with van der Waals surface area (Å²) in [5.41, 5.74) is 0.967. The topological polar surface area (TPSA) is 86.8 Å². The monoisotopic (exact) mass is 487 g/mol. The fourth-order valence-corrected chi connectivity index (χ4v) is 6.02. The van der Waals surface area contributed by atoms with Crippen LogP contribution in [0, 0.1) is 0 Å². The summed E-state index contributed by atoms with van der Waals surface area (Å²) in [6, 6.07) is 11.3. The molecule has 0 bridgehead atoms. The van der Waals surface area contributed by atoms with Crippen LogP contribution in [0.25, 0.3) is 0 Å². The molecule has 2 saturated heterocycles. The Morgan fingerprint density at radius 1 is 0.818 bits per heavy atom. The number of anilines is 1. The first-order chi connectivity index (χ1) is 15.9. The van der Waals surface area contributed by atoms with Crippen LogP contribution in [0.4, 0.5) is 5.69 Å². The van der Waals surface area contributed by atoms with Crippen molar-refractivity contribution in [1.29, 1.82) is 0 Å². The van der Waals surface area contributed by atoms with Gasteiger partial charge >= 0.3 is 0 Å². The summed E-state index contributed by atoms with van der Waals surface area (Å²) < 4.78 is 29.1. The molecule has 2 aromatic carbocycles. The first-order valence-electron chi connectivity index (χ1n) is 11.3. The second kappa shape index (κ2) is 10.2. The summed E-state index contributed by atoms with van der Waals surface area (Å²) in [7, 11) is -4.01. The standard InChI is InChI=1S/C24H29N3O4S2/c1-32-22-12-11-18(17-20(22)24(29)27-13-5-2-6-14-27)33(30,31)25-21-10-4-3-9-19(21)23(28)26-15-7-8-16-26/h3-4,9-12,17,25H,2,5-8,13-16H2,1H3. The molecule has 7 nitrogen and oxygen atoms in total. The quantitative estimate of drug-likeness (QED) is 0.621. The maximum absolute atomic E-state index is 13.3. The zero-order chi connectivity index (χ0) is 23.4. The van der Waals surface area contributed by atoms with E-state index in [-0.39, 0.29) is 22.4 Å². The second-order valence-corrected chi connectivity index (χ2v) is 10.9. The van der Waals surface area contributed by atoms with Crippen LogP contribution < -0.4 is 4.72 Å². The molecule has 0 radical (unpaired) electrons. The van der Waals surface area contributed by atoms with Crippen molar-refractivity contribution in [3.63, 3.8) is 0 Å². The molecule has 0 aliphatic carbocycles. The van der Waals surface area contributed by atoms with Gasteiger partial charge in [-0.05, 0) is 68.7 Å². The van der Waals surface area contributed by atoms with Crippen molar-refractivity contribution in [2.24, 2.45) is 0 Å². The Kier molecular flexibility index (Phi) is 7.29. The fraction of sp³-hybridized carbons (Fsp3) is 0.417. The predicted molar refractivity (Wildman–Crippen MR) is 130 cm³/mol. The molecule has 33 heavy (non-hydrogen) atoms. The van der Waals surface area contributed by atoms with Crippen molar-refractivity contribution in [2.75, 3.05) is 37.2 Å². The maximum Gasteiger partial charge on any atom is 0.261 e. The molecule has 176 valence electrons. The van der Waals surface area contributed by atoms with Crippen molar-refractivity contribution in [3.8, 4) is 0 Å². The minimum absolute atomic E-state index is 0.00378. The lowest BCUT2D eigenvalue weighted by molar-refractivity contribution is 0.0720. The normalized spacial score (nSPS) is 16.6. The molecule has 2 aliphatic heterocycles. The summed E-state index contributed by atoms with van der Waals surface area (Å²) in [5, 5.41) is 0. The molecule has 0 atom stereocenters. The van der Waals surface area contributed by atoms with E-state index < -0.39 is 10.0 Å². The van der Waals surface area contributed by atoms with Gasteiger partial charge in [-0.3, -0.25) is 14.3 Å².